The monoisotopic (exact) mass is 335 g/mol. The lowest BCUT2D eigenvalue weighted by atomic mass is 10.1. The molecule has 0 amide bonds. The first-order valence-electron chi connectivity index (χ1n) is 7.27. The fourth-order valence-corrected chi connectivity index (χ4v) is 2.86. The van der Waals surface area contributed by atoms with Gasteiger partial charge >= 0.3 is 0 Å². The highest BCUT2D eigenvalue weighted by Crippen LogP contribution is 2.33. The van der Waals surface area contributed by atoms with E-state index in [0.29, 0.717) is 0 Å². The lowest BCUT2D eigenvalue weighted by Gasteiger charge is -2.17. The smallest absolute Gasteiger partial charge is 0.134 e. The summed E-state index contributed by atoms with van der Waals surface area (Å²) < 4.78 is 7.11. The van der Waals surface area contributed by atoms with E-state index in [2.05, 4.69) is 65.4 Å². The molecule has 20 heavy (non-hydrogen) atoms. The van der Waals surface area contributed by atoms with Crippen molar-refractivity contribution in [3.05, 3.63) is 40.9 Å². The summed E-state index contributed by atoms with van der Waals surface area (Å²) in [5.74, 6) is 0.930. The van der Waals surface area contributed by atoms with E-state index in [1.165, 1.54) is 10.8 Å². The molecule has 2 rings (SSSR count). The fourth-order valence-electron chi connectivity index (χ4n) is 2.27. The molecule has 0 spiro atoms. The first-order chi connectivity index (χ1) is 9.72. The maximum atomic E-state index is 6.06. The lowest BCUT2D eigenvalue weighted by Crippen LogP contribution is -2.18. The second kappa shape index (κ2) is 7.65. The predicted molar refractivity (Wildman–Crippen MR) is 89.5 cm³/mol. The van der Waals surface area contributed by atoms with Crippen LogP contribution in [0.3, 0.4) is 0 Å². The highest BCUT2D eigenvalue weighted by Gasteiger charge is 2.09. The standard InChI is InChI=1S/C17H22BrNO/c1-3-19-12-6-7-13(2)20-16-11-10-14-8-4-5-9-15(14)17(16)18/h4-5,8-11,13,19H,3,6-7,12H2,1-2H3. The molecule has 1 atom stereocenters. The Labute approximate surface area is 129 Å². The molecule has 108 valence electrons. The third-order valence-electron chi connectivity index (χ3n) is 3.37. The predicted octanol–water partition coefficient (Wildman–Crippen LogP) is 4.76. The molecular formula is C17H22BrNO. The Hall–Kier alpha value is -1.06. The number of hydrogen-bond acceptors (Lipinski definition) is 2. The maximum Gasteiger partial charge on any atom is 0.134 e. The molecule has 0 saturated carbocycles. The molecule has 0 heterocycles. The van der Waals surface area contributed by atoms with Gasteiger partial charge in [0, 0.05) is 0 Å². The van der Waals surface area contributed by atoms with Crippen LogP contribution in [-0.4, -0.2) is 19.2 Å². The molecule has 2 nitrogen and oxygen atoms in total. The van der Waals surface area contributed by atoms with Gasteiger partial charge in [-0.1, -0.05) is 37.3 Å². The minimum Gasteiger partial charge on any atom is -0.490 e. The van der Waals surface area contributed by atoms with E-state index in [0.717, 1.165) is 36.2 Å². The Balaban J connectivity index is 2.00. The zero-order valence-corrected chi connectivity index (χ0v) is 13.7. The van der Waals surface area contributed by atoms with E-state index in [-0.39, 0.29) is 6.10 Å². The third-order valence-corrected chi connectivity index (χ3v) is 4.19. The number of fused-ring (bicyclic) bond motifs is 1. The van der Waals surface area contributed by atoms with Crippen LogP contribution in [-0.2, 0) is 0 Å². The van der Waals surface area contributed by atoms with Gasteiger partial charge in [0.2, 0.25) is 0 Å². The minimum absolute atomic E-state index is 0.228. The molecule has 0 aliphatic heterocycles. The van der Waals surface area contributed by atoms with Gasteiger partial charge in [-0.2, -0.15) is 0 Å². The Morgan fingerprint density at radius 3 is 2.80 bits per heavy atom. The normalized spacial score (nSPS) is 12.6. The van der Waals surface area contributed by atoms with Crippen LogP contribution in [0.25, 0.3) is 10.8 Å². The molecule has 1 N–H and O–H groups in total. The van der Waals surface area contributed by atoms with Crippen molar-refractivity contribution in [3.63, 3.8) is 0 Å². The lowest BCUT2D eigenvalue weighted by molar-refractivity contribution is 0.206. The van der Waals surface area contributed by atoms with Crippen LogP contribution in [0, 0.1) is 0 Å². The zero-order chi connectivity index (χ0) is 14.4. The number of rotatable bonds is 7. The fraction of sp³-hybridized carbons (Fsp3) is 0.412. The Morgan fingerprint density at radius 2 is 2.00 bits per heavy atom. The van der Waals surface area contributed by atoms with Crippen molar-refractivity contribution < 1.29 is 4.74 Å². The van der Waals surface area contributed by atoms with Crippen molar-refractivity contribution in [2.24, 2.45) is 0 Å². The number of ether oxygens (including phenoxy) is 1. The topological polar surface area (TPSA) is 21.3 Å². The summed E-state index contributed by atoms with van der Waals surface area (Å²) in [7, 11) is 0. The molecule has 0 saturated heterocycles. The van der Waals surface area contributed by atoms with Crippen LogP contribution in [0.2, 0.25) is 0 Å². The molecule has 3 heteroatoms. The summed E-state index contributed by atoms with van der Waals surface area (Å²) in [4.78, 5) is 0. The summed E-state index contributed by atoms with van der Waals surface area (Å²) in [6.45, 7) is 6.36. The van der Waals surface area contributed by atoms with E-state index >= 15 is 0 Å². The second-order valence-corrected chi connectivity index (χ2v) is 5.82. The van der Waals surface area contributed by atoms with Crippen molar-refractivity contribution in [2.75, 3.05) is 13.1 Å². The van der Waals surface area contributed by atoms with E-state index < -0.39 is 0 Å². The van der Waals surface area contributed by atoms with E-state index in [1.807, 2.05) is 6.07 Å². The van der Waals surface area contributed by atoms with Crippen LogP contribution in [0.15, 0.2) is 40.9 Å². The van der Waals surface area contributed by atoms with Crippen molar-refractivity contribution in [1.29, 1.82) is 0 Å². The molecule has 0 radical (unpaired) electrons. The number of halogens is 1. The zero-order valence-electron chi connectivity index (χ0n) is 12.2. The molecule has 1 unspecified atom stereocenters. The average Bonchev–Trinajstić information content (AvgIpc) is 2.47. The van der Waals surface area contributed by atoms with Crippen molar-refractivity contribution in [2.45, 2.75) is 32.8 Å². The molecule has 0 aromatic heterocycles. The highest BCUT2D eigenvalue weighted by molar-refractivity contribution is 9.10. The van der Waals surface area contributed by atoms with Crippen molar-refractivity contribution in [3.8, 4) is 5.75 Å². The molecule has 0 bridgehead atoms. The second-order valence-electron chi connectivity index (χ2n) is 5.02. The Kier molecular flexibility index (Phi) is 5.86. The van der Waals surface area contributed by atoms with Gasteiger partial charge in [0.15, 0.2) is 0 Å². The number of hydrogen-bond donors (Lipinski definition) is 1. The van der Waals surface area contributed by atoms with Crippen molar-refractivity contribution >= 4 is 26.7 Å². The summed E-state index contributed by atoms with van der Waals surface area (Å²) in [6, 6.07) is 12.5. The third kappa shape index (κ3) is 3.97. The van der Waals surface area contributed by atoms with Crippen LogP contribution in [0.5, 0.6) is 5.75 Å². The molecule has 2 aromatic carbocycles. The highest BCUT2D eigenvalue weighted by atomic mass is 79.9. The molecule has 0 fully saturated rings. The van der Waals surface area contributed by atoms with Gasteiger partial charge in [-0.15, -0.1) is 0 Å². The van der Waals surface area contributed by atoms with Gasteiger partial charge < -0.3 is 10.1 Å². The first-order valence-corrected chi connectivity index (χ1v) is 8.06. The van der Waals surface area contributed by atoms with Gasteiger partial charge in [0.05, 0.1) is 10.6 Å². The minimum atomic E-state index is 0.228. The van der Waals surface area contributed by atoms with Crippen LogP contribution >= 0.6 is 15.9 Å². The van der Waals surface area contributed by atoms with E-state index in [1.54, 1.807) is 0 Å². The van der Waals surface area contributed by atoms with Crippen LogP contribution in [0.4, 0.5) is 0 Å². The number of nitrogens with one attached hydrogen (secondary N) is 1. The SMILES string of the molecule is CCNCCCC(C)Oc1ccc2ccccc2c1Br. The summed E-state index contributed by atoms with van der Waals surface area (Å²) in [5, 5.41) is 5.77. The maximum absolute atomic E-state index is 6.06. The van der Waals surface area contributed by atoms with E-state index in [4.69, 9.17) is 4.74 Å². The molecule has 0 aliphatic rings. The van der Waals surface area contributed by atoms with Gasteiger partial charge in [0.1, 0.15) is 5.75 Å². The summed E-state index contributed by atoms with van der Waals surface area (Å²) in [5.41, 5.74) is 0. The number of benzene rings is 2. The van der Waals surface area contributed by atoms with Gasteiger partial charge in [0.25, 0.3) is 0 Å². The van der Waals surface area contributed by atoms with Crippen LogP contribution in [0.1, 0.15) is 26.7 Å². The largest absolute Gasteiger partial charge is 0.490 e. The van der Waals surface area contributed by atoms with Gasteiger partial charge in [-0.25, -0.2) is 0 Å². The van der Waals surface area contributed by atoms with E-state index in [9.17, 15) is 0 Å². The molecule has 0 aliphatic carbocycles. The Morgan fingerprint density at radius 1 is 1.20 bits per heavy atom. The Bertz CT molecular complexity index is 556. The average molecular weight is 336 g/mol. The first kappa shape index (κ1) is 15.3. The van der Waals surface area contributed by atoms with Gasteiger partial charge in [-0.05, 0) is 65.6 Å². The van der Waals surface area contributed by atoms with Gasteiger partial charge in [-0.3, -0.25) is 0 Å². The molecular weight excluding hydrogens is 314 g/mol. The summed E-state index contributed by atoms with van der Waals surface area (Å²) in [6.07, 6.45) is 2.43. The summed E-state index contributed by atoms with van der Waals surface area (Å²) >= 11 is 3.67. The van der Waals surface area contributed by atoms with Crippen LogP contribution < -0.4 is 10.1 Å². The van der Waals surface area contributed by atoms with Crippen molar-refractivity contribution in [1.82, 2.24) is 5.32 Å². The quantitative estimate of drug-likeness (QED) is 0.736. The molecule has 2 aromatic rings.